The van der Waals surface area contributed by atoms with E-state index in [0.717, 1.165) is 0 Å². The largest absolute Gasteiger partial charge is 0.460 e. The van der Waals surface area contributed by atoms with Crippen molar-refractivity contribution in [2.24, 2.45) is 0 Å². The minimum Gasteiger partial charge on any atom is -0.460 e. The van der Waals surface area contributed by atoms with E-state index in [9.17, 15) is 4.79 Å². The zero-order valence-electron chi connectivity index (χ0n) is 7.40. The molecule has 0 aliphatic rings. The van der Waals surface area contributed by atoms with Crippen LogP contribution in [0.4, 0.5) is 0 Å². The van der Waals surface area contributed by atoms with Crippen LogP contribution in [0.1, 0.15) is 10.4 Å². The van der Waals surface area contributed by atoms with Crippen LogP contribution in [0.5, 0.6) is 0 Å². The molecule has 1 aromatic rings. The molecule has 0 aliphatic heterocycles. The maximum absolute atomic E-state index is 11.4. The molecule has 3 nitrogen and oxygen atoms in total. The molecule has 0 fully saturated rings. The molecule has 0 saturated carbocycles. The summed E-state index contributed by atoms with van der Waals surface area (Å²) in [6.45, 7) is 0.606. The molecule has 0 unspecified atom stereocenters. The van der Waals surface area contributed by atoms with E-state index in [1.807, 2.05) is 0 Å². The number of hydrogen-bond acceptors (Lipinski definition) is 3. The van der Waals surface area contributed by atoms with Crippen LogP contribution in [0.3, 0.4) is 0 Å². The number of esters is 1. The number of ether oxygens (including phenoxy) is 1. The van der Waals surface area contributed by atoms with Crippen molar-refractivity contribution in [2.45, 2.75) is 0 Å². The van der Waals surface area contributed by atoms with Crippen molar-refractivity contribution in [3.05, 3.63) is 29.8 Å². The molecular formula is C9H8BIO3. The van der Waals surface area contributed by atoms with Crippen molar-refractivity contribution in [1.82, 2.24) is 0 Å². The molecule has 72 valence electrons. The minimum atomic E-state index is -0.420. The molecule has 5 heteroatoms. The predicted octanol–water partition coefficient (Wildman–Crippen LogP) is 1.00. The highest BCUT2D eigenvalue weighted by atomic mass is 127. The summed E-state index contributed by atoms with van der Waals surface area (Å²) in [5, 5.41) is 0. The highest BCUT2D eigenvalue weighted by Gasteiger charge is 2.08. The average Bonchev–Trinajstić information content (AvgIpc) is 2.18. The molecule has 1 aromatic carbocycles. The molecule has 0 amide bonds. The lowest BCUT2D eigenvalue weighted by molar-refractivity contribution is 0.0473. The maximum Gasteiger partial charge on any atom is 0.337 e. The Morgan fingerprint density at radius 3 is 2.71 bits per heavy atom. The zero-order chi connectivity index (χ0) is 10.4. The summed E-state index contributed by atoms with van der Waals surface area (Å²) < 4.78 is 9.62. The van der Waals surface area contributed by atoms with Crippen molar-refractivity contribution >= 4 is 42.3 Å². The third kappa shape index (κ3) is 3.30. The monoisotopic (exact) mass is 302 g/mol. The first-order chi connectivity index (χ1) is 6.75. The minimum absolute atomic E-state index is 0.232. The predicted molar refractivity (Wildman–Crippen MR) is 62.1 cm³/mol. The second-order valence-corrected chi connectivity index (χ2v) is 3.16. The van der Waals surface area contributed by atoms with Gasteiger partial charge in [-0.05, 0) is 6.07 Å². The van der Waals surface area contributed by atoms with E-state index < -0.39 is 5.97 Å². The lowest BCUT2D eigenvalue weighted by Crippen LogP contribution is -2.18. The van der Waals surface area contributed by atoms with Gasteiger partial charge in [0.15, 0.2) is 0 Å². The zero-order valence-corrected chi connectivity index (χ0v) is 9.56. The second-order valence-electron chi connectivity index (χ2n) is 2.54. The number of rotatable bonds is 4. The first-order valence-corrected chi connectivity index (χ1v) is 4.89. The fourth-order valence-corrected chi connectivity index (χ4v) is 1.11. The van der Waals surface area contributed by atoms with Gasteiger partial charge < -0.3 is 7.80 Å². The summed E-state index contributed by atoms with van der Waals surface area (Å²) in [6.07, 6.45) is 0. The van der Waals surface area contributed by atoms with Crippen molar-refractivity contribution in [3.63, 3.8) is 0 Å². The summed E-state index contributed by atoms with van der Waals surface area (Å²) in [5.41, 5.74) is 0.814. The van der Waals surface area contributed by atoms with Crippen molar-refractivity contribution in [3.8, 4) is 0 Å². The molecule has 0 bridgehead atoms. The maximum atomic E-state index is 11.4. The van der Waals surface area contributed by atoms with Gasteiger partial charge in [0.05, 0.1) is 12.2 Å². The van der Waals surface area contributed by atoms with E-state index in [2.05, 4.69) is 0 Å². The standard InChI is InChI=1S/C9H8BIO3/c10-8-4-2-1-3-7(8)9(12)13-5-6-14-11/h1-4H,5-6H2. The first kappa shape index (κ1) is 11.5. The molecule has 2 radical (unpaired) electrons. The van der Waals surface area contributed by atoms with Gasteiger partial charge in [0.25, 0.3) is 0 Å². The van der Waals surface area contributed by atoms with Crippen LogP contribution in [0, 0.1) is 0 Å². The molecule has 14 heavy (non-hydrogen) atoms. The third-order valence-corrected chi connectivity index (χ3v) is 2.01. The van der Waals surface area contributed by atoms with Gasteiger partial charge in [-0.1, -0.05) is 23.7 Å². The topological polar surface area (TPSA) is 35.5 Å². The van der Waals surface area contributed by atoms with Gasteiger partial charge in [0.2, 0.25) is 0 Å². The van der Waals surface area contributed by atoms with E-state index in [4.69, 9.17) is 15.6 Å². The first-order valence-electron chi connectivity index (χ1n) is 4.01. The normalized spacial score (nSPS) is 9.79. The van der Waals surface area contributed by atoms with Crippen LogP contribution in [0.15, 0.2) is 24.3 Å². The molecule has 0 aliphatic carbocycles. The molecule has 0 atom stereocenters. The van der Waals surface area contributed by atoms with Gasteiger partial charge in [0.1, 0.15) is 37.5 Å². The van der Waals surface area contributed by atoms with Gasteiger partial charge >= 0.3 is 5.97 Å². The SMILES string of the molecule is [B]c1ccccc1C(=O)OCCOI. The Bertz CT molecular complexity index is 317. The Hall–Kier alpha value is -0.555. The summed E-state index contributed by atoms with van der Waals surface area (Å²) in [5.74, 6) is -0.420. The van der Waals surface area contributed by atoms with E-state index in [1.54, 1.807) is 47.3 Å². The molecule has 0 N–H and O–H groups in total. The number of benzene rings is 1. The number of hydrogen-bond donors (Lipinski definition) is 0. The second kappa shape index (κ2) is 6.03. The molecular weight excluding hydrogens is 294 g/mol. The summed E-state index contributed by atoms with van der Waals surface area (Å²) in [6, 6.07) is 6.79. The van der Waals surface area contributed by atoms with Crippen LogP contribution in [-0.4, -0.2) is 27.0 Å². The highest BCUT2D eigenvalue weighted by molar-refractivity contribution is 14.1. The van der Waals surface area contributed by atoms with Crippen LogP contribution < -0.4 is 5.46 Å². The molecule has 0 saturated heterocycles. The summed E-state index contributed by atoms with van der Waals surface area (Å²) in [4.78, 5) is 11.4. The molecule has 0 heterocycles. The summed E-state index contributed by atoms with van der Waals surface area (Å²) in [7, 11) is 5.59. The quantitative estimate of drug-likeness (QED) is 0.360. The Morgan fingerprint density at radius 1 is 1.36 bits per heavy atom. The van der Waals surface area contributed by atoms with E-state index in [-0.39, 0.29) is 6.61 Å². The highest BCUT2D eigenvalue weighted by Crippen LogP contribution is 1.98. The Balaban J connectivity index is 2.56. The van der Waals surface area contributed by atoms with Crippen molar-refractivity contribution in [1.29, 1.82) is 0 Å². The van der Waals surface area contributed by atoms with E-state index in [1.165, 1.54) is 0 Å². The van der Waals surface area contributed by atoms with Crippen molar-refractivity contribution in [2.75, 3.05) is 13.2 Å². The smallest absolute Gasteiger partial charge is 0.337 e. The van der Waals surface area contributed by atoms with Crippen LogP contribution in [0.2, 0.25) is 0 Å². The Labute approximate surface area is 97.9 Å². The lowest BCUT2D eigenvalue weighted by atomic mass is 9.91. The molecule has 0 spiro atoms. The van der Waals surface area contributed by atoms with Gasteiger partial charge in [-0.15, -0.1) is 0 Å². The molecule has 1 rings (SSSR count). The van der Waals surface area contributed by atoms with Gasteiger partial charge in [-0.3, -0.25) is 0 Å². The van der Waals surface area contributed by atoms with E-state index >= 15 is 0 Å². The van der Waals surface area contributed by atoms with Gasteiger partial charge in [0, 0.05) is 0 Å². The summed E-state index contributed by atoms with van der Waals surface area (Å²) >= 11 is 1.74. The molecule has 0 aromatic heterocycles. The van der Waals surface area contributed by atoms with Crippen LogP contribution >= 0.6 is 23.0 Å². The average molecular weight is 302 g/mol. The lowest BCUT2D eigenvalue weighted by Gasteiger charge is -2.05. The third-order valence-electron chi connectivity index (χ3n) is 1.57. The van der Waals surface area contributed by atoms with Crippen LogP contribution in [0.25, 0.3) is 0 Å². The van der Waals surface area contributed by atoms with Crippen molar-refractivity contribution < 1.29 is 12.6 Å². The Morgan fingerprint density at radius 2 is 2.07 bits per heavy atom. The van der Waals surface area contributed by atoms with E-state index in [0.29, 0.717) is 17.6 Å². The number of halogens is 1. The number of carbonyl (C=O) groups excluding carboxylic acids is 1. The van der Waals surface area contributed by atoms with Gasteiger partial charge in [-0.25, -0.2) is 4.79 Å². The fraction of sp³-hybridized carbons (Fsp3) is 0.222. The Kier molecular flexibility index (Phi) is 4.96. The van der Waals surface area contributed by atoms with Gasteiger partial charge in [-0.2, -0.15) is 0 Å². The fourth-order valence-electron chi connectivity index (χ4n) is 0.927. The number of carbonyl (C=O) groups is 1. The van der Waals surface area contributed by atoms with Crippen LogP contribution in [-0.2, 0) is 7.80 Å².